The summed E-state index contributed by atoms with van der Waals surface area (Å²) in [5, 5.41) is 0. The number of hydrogen-bond donors (Lipinski definition) is 2. The van der Waals surface area contributed by atoms with Crippen LogP contribution >= 0.6 is 0 Å². The summed E-state index contributed by atoms with van der Waals surface area (Å²) in [5.41, 5.74) is 9.18. The Morgan fingerprint density at radius 3 is 2.05 bits per heavy atom. The van der Waals surface area contributed by atoms with Crippen LogP contribution in [-0.4, -0.2) is 7.11 Å². The van der Waals surface area contributed by atoms with E-state index in [0.29, 0.717) is 11.3 Å². The Balaban J connectivity index is 2.07. The molecule has 0 spiro atoms. The third-order valence-electron chi connectivity index (χ3n) is 2.93. The van der Waals surface area contributed by atoms with E-state index in [2.05, 4.69) is 10.9 Å². The van der Waals surface area contributed by atoms with Crippen molar-refractivity contribution in [2.75, 3.05) is 18.0 Å². The van der Waals surface area contributed by atoms with E-state index in [1.807, 2.05) is 31.2 Å². The molecule has 2 aromatic rings. The summed E-state index contributed by atoms with van der Waals surface area (Å²) in [6.45, 7) is 3.71. The normalized spacial score (nSPS) is 10.1. The van der Waals surface area contributed by atoms with E-state index in [-0.39, 0.29) is 5.82 Å². The molecule has 0 aliphatic heterocycles. The maximum absolute atomic E-state index is 13.4. The summed E-state index contributed by atoms with van der Waals surface area (Å²) < 4.78 is 18.6. The maximum atomic E-state index is 13.4. The zero-order chi connectivity index (χ0) is 13.8. The van der Waals surface area contributed by atoms with E-state index >= 15 is 0 Å². The zero-order valence-electron chi connectivity index (χ0n) is 11.3. The highest BCUT2D eigenvalue weighted by molar-refractivity contribution is 5.56. The van der Waals surface area contributed by atoms with Gasteiger partial charge in [0, 0.05) is 6.07 Å². The topological polar surface area (TPSA) is 33.3 Å². The second kappa shape index (κ2) is 5.61. The first kappa shape index (κ1) is 13.2. The SMILES string of the molecule is COc1cc(NNc2ccc(C)c(F)c2)ccc1C. The molecule has 0 fully saturated rings. The van der Waals surface area contributed by atoms with Gasteiger partial charge < -0.3 is 15.6 Å². The highest BCUT2D eigenvalue weighted by atomic mass is 19.1. The number of hydrogen-bond acceptors (Lipinski definition) is 3. The summed E-state index contributed by atoms with van der Waals surface area (Å²) in [7, 11) is 1.63. The quantitative estimate of drug-likeness (QED) is 0.818. The molecule has 2 N–H and O–H groups in total. The summed E-state index contributed by atoms with van der Waals surface area (Å²) >= 11 is 0. The number of rotatable bonds is 4. The van der Waals surface area contributed by atoms with Crippen LogP contribution in [0.4, 0.5) is 15.8 Å². The molecule has 3 nitrogen and oxygen atoms in total. The molecule has 0 unspecified atom stereocenters. The lowest BCUT2D eigenvalue weighted by Crippen LogP contribution is -2.09. The number of nitrogens with one attached hydrogen (secondary N) is 2. The van der Waals surface area contributed by atoms with Crippen molar-refractivity contribution in [1.29, 1.82) is 0 Å². The number of hydrazine groups is 1. The Morgan fingerprint density at radius 2 is 1.47 bits per heavy atom. The van der Waals surface area contributed by atoms with Crippen LogP contribution in [0.3, 0.4) is 0 Å². The van der Waals surface area contributed by atoms with Crippen molar-refractivity contribution in [3.63, 3.8) is 0 Å². The summed E-state index contributed by atoms with van der Waals surface area (Å²) in [6, 6.07) is 10.8. The lowest BCUT2D eigenvalue weighted by atomic mass is 10.2. The fourth-order valence-electron chi connectivity index (χ4n) is 1.71. The van der Waals surface area contributed by atoms with Gasteiger partial charge in [0.2, 0.25) is 0 Å². The average molecular weight is 260 g/mol. The standard InChI is InChI=1S/C15H17FN2O/c1-10-4-6-12(8-14(10)16)17-18-13-7-5-11(2)15(9-13)19-3/h4-9,17-18H,1-3H3. The molecular formula is C15H17FN2O. The van der Waals surface area contributed by atoms with Crippen molar-refractivity contribution >= 4 is 11.4 Å². The Bertz CT molecular complexity index is 584. The van der Waals surface area contributed by atoms with E-state index in [1.165, 1.54) is 6.07 Å². The third-order valence-corrected chi connectivity index (χ3v) is 2.93. The van der Waals surface area contributed by atoms with Crippen LogP contribution in [0.2, 0.25) is 0 Å². The van der Waals surface area contributed by atoms with Crippen LogP contribution in [0.1, 0.15) is 11.1 Å². The van der Waals surface area contributed by atoms with Crippen LogP contribution in [0.15, 0.2) is 36.4 Å². The maximum Gasteiger partial charge on any atom is 0.128 e. The molecule has 0 saturated heterocycles. The molecule has 0 saturated carbocycles. The van der Waals surface area contributed by atoms with Crippen molar-refractivity contribution in [2.45, 2.75) is 13.8 Å². The molecule has 0 atom stereocenters. The molecule has 0 bridgehead atoms. The number of ether oxygens (including phenoxy) is 1. The smallest absolute Gasteiger partial charge is 0.128 e. The van der Waals surface area contributed by atoms with E-state index in [0.717, 1.165) is 17.0 Å². The summed E-state index contributed by atoms with van der Waals surface area (Å²) in [4.78, 5) is 0. The van der Waals surface area contributed by atoms with Crippen LogP contribution in [0.25, 0.3) is 0 Å². The molecule has 2 aromatic carbocycles. The molecule has 2 rings (SSSR count). The average Bonchev–Trinajstić information content (AvgIpc) is 2.41. The second-order valence-electron chi connectivity index (χ2n) is 4.40. The molecular weight excluding hydrogens is 243 g/mol. The summed E-state index contributed by atoms with van der Waals surface area (Å²) in [5.74, 6) is 0.579. The Kier molecular flexibility index (Phi) is 3.90. The van der Waals surface area contributed by atoms with Gasteiger partial charge in [-0.3, -0.25) is 0 Å². The number of benzene rings is 2. The monoisotopic (exact) mass is 260 g/mol. The highest BCUT2D eigenvalue weighted by Gasteiger charge is 2.01. The minimum Gasteiger partial charge on any atom is -0.496 e. The largest absolute Gasteiger partial charge is 0.496 e. The minimum absolute atomic E-state index is 0.228. The van der Waals surface area contributed by atoms with Gasteiger partial charge in [-0.2, -0.15) is 0 Å². The Labute approximate surface area is 112 Å². The zero-order valence-corrected chi connectivity index (χ0v) is 11.3. The Morgan fingerprint density at radius 1 is 0.895 bits per heavy atom. The molecule has 0 radical (unpaired) electrons. The molecule has 0 heterocycles. The first-order valence-corrected chi connectivity index (χ1v) is 6.03. The van der Waals surface area contributed by atoms with Gasteiger partial charge >= 0.3 is 0 Å². The number of methoxy groups -OCH3 is 1. The van der Waals surface area contributed by atoms with E-state index < -0.39 is 0 Å². The minimum atomic E-state index is -0.228. The predicted octanol–water partition coefficient (Wildman–Crippen LogP) is 3.89. The van der Waals surface area contributed by atoms with Crippen LogP contribution < -0.4 is 15.6 Å². The third kappa shape index (κ3) is 3.16. The lowest BCUT2D eigenvalue weighted by Gasteiger charge is -2.12. The van der Waals surface area contributed by atoms with Gasteiger partial charge in [0.1, 0.15) is 11.6 Å². The second-order valence-corrected chi connectivity index (χ2v) is 4.40. The van der Waals surface area contributed by atoms with Crippen LogP contribution in [0, 0.1) is 19.7 Å². The van der Waals surface area contributed by atoms with Crippen molar-refractivity contribution in [3.8, 4) is 5.75 Å². The van der Waals surface area contributed by atoms with Crippen LogP contribution in [-0.2, 0) is 0 Å². The Hall–Kier alpha value is -2.23. The van der Waals surface area contributed by atoms with Gasteiger partial charge in [0.15, 0.2) is 0 Å². The molecule has 4 heteroatoms. The fraction of sp³-hybridized carbons (Fsp3) is 0.200. The molecule has 0 aliphatic rings. The number of halogens is 1. The molecule has 0 aliphatic carbocycles. The van der Waals surface area contributed by atoms with Gasteiger partial charge in [0.05, 0.1) is 18.5 Å². The van der Waals surface area contributed by atoms with Gasteiger partial charge in [-0.05, 0) is 43.2 Å². The van der Waals surface area contributed by atoms with Crippen molar-refractivity contribution in [1.82, 2.24) is 0 Å². The van der Waals surface area contributed by atoms with E-state index in [9.17, 15) is 4.39 Å². The molecule has 0 amide bonds. The molecule has 19 heavy (non-hydrogen) atoms. The van der Waals surface area contributed by atoms with Crippen molar-refractivity contribution < 1.29 is 9.13 Å². The first-order valence-electron chi connectivity index (χ1n) is 6.03. The highest BCUT2D eigenvalue weighted by Crippen LogP contribution is 2.22. The van der Waals surface area contributed by atoms with Crippen molar-refractivity contribution in [2.24, 2.45) is 0 Å². The molecule has 0 aromatic heterocycles. The van der Waals surface area contributed by atoms with Gasteiger partial charge in [0.25, 0.3) is 0 Å². The van der Waals surface area contributed by atoms with E-state index in [4.69, 9.17) is 4.74 Å². The van der Waals surface area contributed by atoms with Gasteiger partial charge in [-0.25, -0.2) is 4.39 Å². The number of anilines is 2. The lowest BCUT2D eigenvalue weighted by molar-refractivity contribution is 0.412. The number of aryl methyl sites for hydroxylation is 2. The first-order chi connectivity index (χ1) is 9.10. The summed E-state index contributed by atoms with van der Waals surface area (Å²) in [6.07, 6.45) is 0. The van der Waals surface area contributed by atoms with Crippen LogP contribution in [0.5, 0.6) is 5.75 Å². The van der Waals surface area contributed by atoms with E-state index in [1.54, 1.807) is 20.1 Å². The van der Waals surface area contributed by atoms with Gasteiger partial charge in [-0.15, -0.1) is 0 Å². The van der Waals surface area contributed by atoms with Crippen molar-refractivity contribution in [3.05, 3.63) is 53.3 Å². The van der Waals surface area contributed by atoms with Gasteiger partial charge in [-0.1, -0.05) is 12.1 Å². The molecule has 100 valence electrons. The predicted molar refractivity (Wildman–Crippen MR) is 76.1 cm³/mol. The fourth-order valence-corrected chi connectivity index (χ4v) is 1.71.